The first kappa shape index (κ1) is 10.3. The standard InChI is InChI=1S/C10H16N2O3/c11-10(15)12-7-1-2-8(12)4-6(3-7)5-9(13)14/h6-8H,1-5H2,(H2,11,15)(H,13,14). The van der Waals surface area contributed by atoms with Gasteiger partial charge in [-0.15, -0.1) is 0 Å². The van der Waals surface area contributed by atoms with Gasteiger partial charge in [0, 0.05) is 18.5 Å². The number of rotatable bonds is 2. The van der Waals surface area contributed by atoms with Crippen molar-refractivity contribution in [3.63, 3.8) is 0 Å². The van der Waals surface area contributed by atoms with E-state index in [0.29, 0.717) is 0 Å². The average Bonchev–Trinajstić information content (AvgIpc) is 2.38. The van der Waals surface area contributed by atoms with Gasteiger partial charge in [-0.3, -0.25) is 4.79 Å². The molecule has 0 aliphatic carbocycles. The van der Waals surface area contributed by atoms with Crippen LogP contribution < -0.4 is 5.73 Å². The summed E-state index contributed by atoms with van der Waals surface area (Å²) in [7, 11) is 0. The minimum atomic E-state index is -0.744. The molecule has 15 heavy (non-hydrogen) atoms. The van der Waals surface area contributed by atoms with Gasteiger partial charge in [0.15, 0.2) is 0 Å². The van der Waals surface area contributed by atoms with Crippen LogP contribution in [0.1, 0.15) is 32.1 Å². The topological polar surface area (TPSA) is 83.6 Å². The Morgan fingerprint density at radius 3 is 2.20 bits per heavy atom. The van der Waals surface area contributed by atoms with Gasteiger partial charge in [0.2, 0.25) is 0 Å². The zero-order valence-corrected chi connectivity index (χ0v) is 8.56. The number of hydrogen-bond donors (Lipinski definition) is 2. The number of urea groups is 1. The highest BCUT2D eigenvalue weighted by molar-refractivity contribution is 5.73. The number of aliphatic carboxylic acids is 1. The maximum absolute atomic E-state index is 11.2. The molecule has 84 valence electrons. The second-order valence-electron chi connectivity index (χ2n) is 4.57. The number of carbonyl (C=O) groups excluding carboxylic acids is 1. The SMILES string of the molecule is NC(=O)N1C2CCC1CC(CC(=O)O)C2. The zero-order chi connectivity index (χ0) is 11.0. The summed E-state index contributed by atoms with van der Waals surface area (Å²) in [5.41, 5.74) is 5.31. The molecule has 0 aromatic heterocycles. The van der Waals surface area contributed by atoms with Crippen molar-refractivity contribution in [3.05, 3.63) is 0 Å². The average molecular weight is 212 g/mol. The normalized spacial score (nSPS) is 34.1. The van der Waals surface area contributed by atoms with Gasteiger partial charge < -0.3 is 15.7 Å². The van der Waals surface area contributed by atoms with Crippen LogP contribution in [0.4, 0.5) is 4.79 Å². The molecule has 0 spiro atoms. The second kappa shape index (κ2) is 3.72. The fourth-order valence-electron chi connectivity index (χ4n) is 3.06. The molecule has 5 nitrogen and oxygen atoms in total. The maximum Gasteiger partial charge on any atom is 0.315 e. The van der Waals surface area contributed by atoms with Gasteiger partial charge in [-0.05, 0) is 31.6 Å². The number of carboxylic acids is 1. The number of carbonyl (C=O) groups is 2. The molecule has 2 aliphatic heterocycles. The van der Waals surface area contributed by atoms with Crippen LogP contribution in [0.2, 0.25) is 0 Å². The summed E-state index contributed by atoms with van der Waals surface area (Å²) in [4.78, 5) is 23.5. The van der Waals surface area contributed by atoms with Crippen molar-refractivity contribution in [2.45, 2.75) is 44.2 Å². The Bertz CT molecular complexity index is 278. The summed E-state index contributed by atoms with van der Waals surface area (Å²) in [6.45, 7) is 0. The number of nitrogens with two attached hydrogens (primary N) is 1. The van der Waals surface area contributed by atoms with Crippen LogP contribution >= 0.6 is 0 Å². The quantitative estimate of drug-likeness (QED) is 0.709. The summed E-state index contributed by atoms with van der Waals surface area (Å²) in [6, 6.07) is 0.0208. The Balaban J connectivity index is 2.01. The molecule has 0 radical (unpaired) electrons. The van der Waals surface area contributed by atoms with Gasteiger partial charge in [0.05, 0.1) is 0 Å². The molecule has 3 N–H and O–H groups in total. The van der Waals surface area contributed by atoms with Gasteiger partial charge in [-0.25, -0.2) is 4.79 Å². The lowest BCUT2D eigenvalue weighted by Gasteiger charge is -2.37. The van der Waals surface area contributed by atoms with Gasteiger partial charge in [0.1, 0.15) is 0 Å². The smallest absolute Gasteiger partial charge is 0.315 e. The first-order valence-corrected chi connectivity index (χ1v) is 5.37. The summed E-state index contributed by atoms with van der Waals surface area (Å²) in [6.07, 6.45) is 3.77. The molecule has 2 saturated heterocycles. The van der Waals surface area contributed by atoms with Crippen molar-refractivity contribution in [1.29, 1.82) is 0 Å². The molecule has 2 rings (SSSR count). The summed E-state index contributed by atoms with van der Waals surface area (Å²) >= 11 is 0. The van der Waals surface area contributed by atoms with E-state index in [4.69, 9.17) is 10.8 Å². The molecule has 0 aromatic rings. The third-order valence-electron chi connectivity index (χ3n) is 3.55. The van der Waals surface area contributed by atoms with Gasteiger partial charge in [-0.1, -0.05) is 0 Å². The van der Waals surface area contributed by atoms with E-state index in [9.17, 15) is 9.59 Å². The Morgan fingerprint density at radius 1 is 1.27 bits per heavy atom. The lowest BCUT2D eigenvalue weighted by atomic mass is 9.88. The van der Waals surface area contributed by atoms with Crippen molar-refractivity contribution < 1.29 is 14.7 Å². The molecular weight excluding hydrogens is 196 g/mol. The molecule has 2 fully saturated rings. The fourth-order valence-corrected chi connectivity index (χ4v) is 3.06. The van der Waals surface area contributed by atoms with Gasteiger partial charge >= 0.3 is 12.0 Å². The van der Waals surface area contributed by atoms with Crippen molar-refractivity contribution in [3.8, 4) is 0 Å². The molecule has 2 bridgehead atoms. The highest BCUT2D eigenvalue weighted by Crippen LogP contribution is 2.39. The number of primary amides is 1. The van der Waals surface area contributed by atoms with E-state index >= 15 is 0 Å². The number of amides is 2. The first-order valence-electron chi connectivity index (χ1n) is 5.37. The molecule has 2 aliphatic rings. The number of hydrogen-bond acceptors (Lipinski definition) is 2. The van der Waals surface area contributed by atoms with E-state index in [1.165, 1.54) is 0 Å². The Labute approximate surface area is 88.2 Å². The van der Waals surface area contributed by atoms with E-state index in [1.54, 1.807) is 4.90 Å². The Hall–Kier alpha value is -1.26. The largest absolute Gasteiger partial charge is 0.481 e. The fraction of sp³-hybridized carbons (Fsp3) is 0.800. The Morgan fingerprint density at radius 2 is 1.80 bits per heavy atom. The monoisotopic (exact) mass is 212 g/mol. The van der Waals surface area contributed by atoms with Crippen molar-refractivity contribution in [1.82, 2.24) is 4.90 Å². The van der Waals surface area contributed by atoms with Crippen LogP contribution in [0.5, 0.6) is 0 Å². The minimum Gasteiger partial charge on any atom is -0.481 e. The molecule has 2 heterocycles. The second-order valence-corrected chi connectivity index (χ2v) is 4.57. The number of carboxylic acid groups (broad SMARTS) is 1. The van der Waals surface area contributed by atoms with Crippen LogP contribution in [0.3, 0.4) is 0 Å². The highest BCUT2D eigenvalue weighted by atomic mass is 16.4. The predicted molar refractivity (Wildman–Crippen MR) is 53.2 cm³/mol. The van der Waals surface area contributed by atoms with Crippen LogP contribution in [-0.2, 0) is 4.79 Å². The number of nitrogens with zero attached hydrogens (tertiary/aromatic N) is 1. The van der Waals surface area contributed by atoms with E-state index in [0.717, 1.165) is 25.7 Å². The van der Waals surface area contributed by atoms with Crippen LogP contribution in [-0.4, -0.2) is 34.1 Å². The summed E-state index contributed by atoms with van der Waals surface area (Å²) in [5, 5.41) is 8.73. The predicted octanol–water partition coefficient (Wildman–Crippen LogP) is 0.783. The maximum atomic E-state index is 11.2. The summed E-state index contributed by atoms with van der Waals surface area (Å²) < 4.78 is 0. The molecular formula is C10H16N2O3. The van der Waals surface area contributed by atoms with E-state index in [-0.39, 0.29) is 30.5 Å². The molecule has 0 aromatic carbocycles. The molecule has 2 unspecified atom stereocenters. The van der Waals surface area contributed by atoms with Gasteiger partial charge in [-0.2, -0.15) is 0 Å². The third kappa shape index (κ3) is 1.91. The minimum absolute atomic E-state index is 0.186. The van der Waals surface area contributed by atoms with E-state index in [1.807, 2.05) is 0 Å². The lowest BCUT2D eigenvalue weighted by molar-refractivity contribution is -0.138. The van der Waals surface area contributed by atoms with Crippen LogP contribution in [0, 0.1) is 5.92 Å². The number of fused-ring (bicyclic) bond motifs is 2. The summed E-state index contributed by atoms with van der Waals surface area (Å²) in [5.74, 6) is -0.525. The van der Waals surface area contributed by atoms with Crippen molar-refractivity contribution >= 4 is 12.0 Å². The van der Waals surface area contributed by atoms with Crippen LogP contribution in [0.25, 0.3) is 0 Å². The van der Waals surface area contributed by atoms with Crippen LogP contribution in [0.15, 0.2) is 0 Å². The Kier molecular flexibility index (Phi) is 2.54. The molecule has 2 atom stereocenters. The van der Waals surface area contributed by atoms with E-state index < -0.39 is 5.97 Å². The van der Waals surface area contributed by atoms with E-state index in [2.05, 4.69) is 0 Å². The van der Waals surface area contributed by atoms with Crippen molar-refractivity contribution in [2.24, 2.45) is 11.7 Å². The van der Waals surface area contributed by atoms with Crippen molar-refractivity contribution in [2.75, 3.05) is 0 Å². The zero-order valence-electron chi connectivity index (χ0n) is 8.56. The lowest BCUT2D eigenvalue weighted by Crippen LogP contribution is -2.49. The van der Waals surface area contributed by atoms with Gasteiger partial charge in [0.25, 0.3) is 0 Å². The third-order valence-corrected chi connectivity index (χ3v) is 3.55. The number of piperidine rings is 1. The first-order chi connectivity index (χ1) is 7.08. The molecule has 0 saturated carbocycles. The molecule has 2 amide bonds. The molecule has 5 heteroatoms. The highest BCUT2D eigenvalue weighted by Gasteiger charge is 2.42.